The summed E-state index contributed by atoms with van der Waals surface area (Å²) in [7, 11) is 0. The van der Waals surface area contributed by atoms with Crippen LogP contribution in [0.25, 0.3) is 0 Å². The fraction of sp³-hybridized carbons (Fsp3) is 0.467. The van der Waals surface area contributed by atoms with Gasteiger partial charge in [-0.1, -0.05) is 19.8 Å². The van der Waals surface area contributed by atoms with Crippen LogP contribution in [-0.4, -0.2) is 23.7 Å². The summed E-state index contributed by atoms with van der Waals surface area (Å²) in [5.41, 5.74) is 0.927. The number of ether oxygens (including phenoxy) is 2. The van der Waals surface area contributed by atoms with Gasteiger partial charge in [-0.15, -0.1) is 0 Å². The summed E-state index contributed by atoms with van der Waals surface area (Å²) in [6.07, 6.45) is 3.09. The normalized spacial score (nSPS) is 12.4. The van der Waals surface area contributed by atoms with Crippen molar-refractivity contribution in [2.75, 3.05) is 6.79 Å². The number of fused-ring (bicyclic) bond motifs is 1. The highest BCUT2D eigenvalue weighted by Gasteiger charge is 2.21. The molecule has 0 atom stereocenters. The van der Waals surface area contributed by atoms with Crippen LogP contribution in [0.15, 0.2) is 12.1 Å². The van der Waals surface area contributed by atoms with Crippen LogP contribution < -0.4 is 9.47 Å². The number of ketones is 1. The number of carboxylic acids is 1. The van der Waals surface area contributed by atoms with E-state index in [0.29, 0.717) is 29.0 Å². The number of aliphatic carboxylic acids is 1. The molecule has 0 fully saturated rings. The second-order valence-corrected chi connectivity index (χ2v) is 4.81. The van der Waals surface area contributed by atoms with Crippen LogP contribution in [0.2, 0.25) is 0 Å². The second kappa shape index (κ2) is 6.41. The van der Waals surface area contributed by atoms with Gasteiger partial charge in [0.15, 0.2) is 17.3 Å². The molecular formula is C15H18O5. The largest absolute Gasteiger partial charge is 0.481 e. The standard InChI is InChI=1S/C15H18O5/c1-2-3-4-5-12(16)11-8-14-13(19-9-20-14)6-10(11)7-15(17)18/h6,8H,2-5,7,9H2,1H3,(H,17,18). The van der Waals surface area contributed by atoms with E-state index in [9.17, 15) is 9.59 Å². The molecule has 1 heterocycles. The van der Waals surface area contributed by atoms with Crippen molar-refractivity contribution >= 4 is 11.8 Å². The molecule has 0 saturated heterocycles. The van der Waals surface area contributed by atoms with Crippen molar-refractivity contribution in [1.82, 2.24) is 0 Å². The van der Waals surface area contributed by atoms with Crippen LogP contribution in [0.4, 0.5) is 0 Å². The van der Waals surface area contributed by atoms with Gasteiger partial charge in [-0.3, -0.25) is 9.59 Å². The Morgan fingerprint density at radius 3 is 2.55 bits per heavy atom. The van der Waals surface area contributed by atoms with Crippen LogP contribution in [0.1, 0.15) is 48.5 Å². The van der Waals surface area contributed by atoms with E-state index in [0.717, 1.165) is 19.3 Å². The molecule has 5 heteroatoms. The SMILES string of the molecule is CCCCCC(=O)c1cc2c(cc1CC(=O)O)OCO2. The first-order valence-electron chi connectivity index (χ1n) is 6.79. The van der Waals surface area contributed by atoms with Crippen molar-refractivity contribution in [2.24, 2.45) is 0 Å². The Hall–Kier alpha value is -2.04. The molecule has 0 amide bonds. The zero-order valence-corrected chi connectivity index (χ0v) is 11.5. The van der Waals surface area contributed by atoms with Crippen molar-refractivity contribution < 1.29 is 24.2 Å². The first-order chi connectivity index (χ1) is 9.61. The smallest absolute Gasteiger partial charge is 0.307 e. The molecule has 0 radical (unpaired) electrons. The van der Waals surface area contributed by atoms with Crippen molar-refractivity contribution in [3.8, 4) is 11.5 Å². The van der Waals surface area contributed by atoms with Crippen LogP contribution >= 0.6 is 0 Å². The monoisotopic (exact) mass is 278 g/mol. The summed E-state index contributed by atoms with van der Waals surface area (Å²) in [5.74, 6) is 0.0174. The zero-order valence-electron chi connectivity index (χ0n) is 11.5. The highest BCUT2D eigenvalue weighted by Crippen LogP contribution is 2.35. The molecule has 1 aliphatic heterocycles. The fourth-order valence-electron chi connectivity index (χ4n) is 2.22. The predicted molar refractivity (Wildman–Crippen MR) is 72.4 cm³/mol. The number of carbonyl (C=O) groups is 2. The molecular weight excluding hydrogens is 260 g/mol. The Kier molecular flexibility index (Phi) is 4.61. The van der Waals surface area contributed by atoms with E-state index < -0.39 is 5.97 Å². The lowest BCUT2D eigenvalue weighted by Crippen LogP contribution is -2.08. The third kappa shape index (κ3) is 3.29. The van der Waals surface area contributed by atoms with Crippen molar-refractivity contribution in [1.29, 1.82) is 0 Å². The molecule has 1 aromatic rings. The number of Topliss-reactive ketones (excluding diaryl/α,β-unsaturated/α-hetero) is 1. The number of carboxylic acid groups (broad SMARTS) is 1. The third-order valence-electron chi connectivity index (χ3n) is 3.25. The number of hydrogen-bond acceptors (Lipinski definition) is 4. The molecule has 0 bridgehead atoms. The van der Waals surface area contributed by atoms with Crippen LogP contribution in [0, 0.1) is 0 Å². The van der Waals surface area contributed by atoms with Gasteiger partial charge in [0.1, 0.15) is 0 Å². The van der Waals surface area contributed by atoms with Gasteiger partial charge >= 0.3 is 5.97 Å². The maximum absolute atomic E-state index is 12.2. The number of benzene rings is 1. The Balaban J connectivity index is 2.24. The molecule has 108 valence electrons. The minimum absolute atomic E-state index is 0.0343. The molecule has 0 spiro atoms. The average Bonchev–Trinajstić information content (AvgIpc) is 2.84. The van der Waals surface area contributed by atoms with E-state index in [1.165, 1.54) is 0 Å². The van der Waals surface area contributed by atoms with Gasteiger partial charge in [0.05, 0.1) is 6.42 Å². The molecule has 1 aliphatic rings. The number of hydrogen-bond donors (Lipinski definition) is 1. The maximum atomic E-state index is 12.2. The van der Waals surface area contributed by atoms with Crippen LogP contribution in [0.3, 0.4) is 0 Å². The number of rotatable bonds is 7. The quantitative estimate of drug-likeness (QED) is 0.613. The highest BCUT2D eigenvalue weighted by atomic mass is 16.7. The fourth-order valence-corrected chi connectivity index (χ4v) is 2.22. The third-order valence-corrected chi connectivity index (χ3v) is 3.25. The summed E-state index contributed by atoms with van der Waals surface area (Å²) in [6.45, 7) is 2.18. The summed E-state index contributed by atoms with van der Waals surface area (Å²) in [4.78, 5) is 23.2. The molecule has 0 aromatic heterocycles. The lowest BCUT2D eigenvalue weighted by atomic mass is 9.97. The van der Waals surface area contributed by atoms with Crippen molar-refractivity contribution in [3.05, 3.63) is 23.3 Å². The van der Waals surface area contributed by atoms with Gasteiger partial charge in [0.25, 0.3) is 0 Å². The molecule has 1 N–H and O–H groups in total. The Morgan fingerprint density at radius 2 is 1.90 bits per heavy atom. The second-order valence-electron chi connectivity index (χ2n) is 4.81. The van der Waals surface area contributed by atoms with Crippen LogP contribution in [0.5, 0.6) is 11.5 Å². The summed E-state index contributed by atoms with van der Waals surface area (Å²) < 4.78 is 10.5. The van der Waals surface area contributed by atoms with Crippen molar-refractivity contribution in [2.45, 2.75) is 39.0 Å². The van der Waals surface area contributed by atoms with Gasteiger partial charge in [0.2, 0.25) is 6.79 Å². The van der Waals surface area contributed by atoms with Gasteiger partial charge in [-0.05, 0) is 24.1 Å². The number of unbranched alkanes of at least 4 members (excludes halogenated alkanes) is 2. The Labute approximate surface area is 117 Å². The van der Waals surface area contributed by atoms with Gasteiger partial charge in [-0.2, -0.15) is 0 Å². The zero-order chi connectivity index (χ0) is 14.5. The summed E-state index contributed by atoms with van der Waals surface area (Å²) >= 11 is 0. The topological polar surface area (TPSA) is 72.8 Å². The van der Waals surface area contributed by atoms with E-state index in [1.807, 2.05) is 0 Å². The van der Waals surface area contributed by atoms with E-state index >= 15 is 0 Å². The van der Waals surface area contributed by atoms with Crippen molar-refractivity contribution in [3.63, 3.8) is 0 Å². The predicted octanol–water partition coefficient (Wildman–Crippen LogP) is 2.81. The molecule has 5 nitrogen and oxygen atoms in total. The van der Waals surface area contributed by atoms with E-state index in [2.05, 4.69) is 6.92 Å². The summed E-state index contributed by atoms with van der Waals surface area (Å²) in [6, 6.07) is 3.21. The minimum atomic E-state index is -0.966. The number of carbonyl (C=O) groups excluding carboxylic acids is 1. The van der Waals surface area contributed by atoms with Gasteiger partial charge in [0, 0.05) is 12.0 Å². The Morgan fingerprint density at radius 1 is 1.20 bits per heavy atom. The molecule has 20 heavy (non-hydrogen) atoms. The average molecular weight is 278 g/mol. The van der Waals surface area contributed by atoms with Gasteiger partial charge in [-0.25, -0.2) is 0 Å². The first kappa shape index (κ1) is 14.4. The minimum Gasteiger partial charge on any atom is -0.481 e. The van der Waals surface area contributed by atoms with E-state index in [1.54, 1.807) is 12.1 Å². The molecule has 2 rings (SSSR count). The van der Waals surface area contributed by atoms with E-state index in [4.69, 9.17) is 14.6 Å². The molecule has 1 aromatic carbocycles. The van der Waals surface area contributed by atoms with Gasteiger partial charge < -0.3 is 14.6 Å². The molecule has 0 aliphatic carbocycles. The molecule has 0 saturated carbocycles. The summed E-state index contributed by atoms with van der Waals surface area (Å²) in [5, 5.41) is 8.95. The van der Waals surface area contributed by atoms with Crippen LogP contribution in [-0.2, 0) is 11.2 Å². The maximum Gasteiger partial charge on any atom is 0.307 e. The Bertz CT molecular complexity index is 521. The van der Waals surface area contributed by atoms with E-state index in [-0.39, 0.29) is 19.0 Å². The lowest BCUT2D eigenvalue weighted by Gasteiger charge is -2.08. The first-order valence-corrected chi connectivity index (χ1v) is 6.79. The highest BCUT2D eigenvalue weighted by molar-refractivity contribution is 5.99. The lowest BCUT2D eigenvalue weighted by molar-refractivity contribution is -0.136. The molecule has 0 unspecified atom stereocenters.